The molecule has 0 atom stereocenters. The van der Waals surface area contributed by atoms with Crippen LogP contribution >= 0.6 is 0 Å². The summed E-state index contributed by atoms with van der Waals surface area (Å²) in [5.41, 5.74) is 3.19. The number of fused-ring (bicyclic) bond motifs is 3. The summed E-state index contributed by atoms with van der Waals surface area (Å²) < 4.78 is 0. The number of H-pyrrole nitrogens is 1. The second-order valence-electron chi connectivity index (χ2n) is 6.25. The van der Waals surface area contributed by atoms with Gasteiger partial charge in [-0.3, -0.25) is 19.9 Å². The zero-order valence-electron chi connectivity index (χ0n) is 14.3. The number of aromatic amines is 1. The molecule has 0 bridgehead atoms. The van der Waals surface area contributed by atoms with Crippen molar-refractivity contribution in [2.24, 2.45) is 0 Å². The average molecular weight is 360 g/mol. The van der Waals surface area contributed by atoms with Crippen LogP contribution in [0, 0.1) is 10.1 Å². The van der Waals surface area contributed by atoms with Crippen molar-refractivity contribution in [1.29, 1.82) is 0 Å². The SMILES string of the molecule is O=C(CCc1cc2c(cn1)[nH]c1ccccc12)Nc1cccc([N+](=O)[O-])c1. The molecule has 2 heterocycles. The number of non-ortho nitro benzene ring substituents is 1. The lowest BCUT2D eigenvalue weighted by Crippen LogP contribution is -2.12. The van der Waals surface area contributed by atoms with E-state index in [4.69, 9.17) is 0 Å². The van der Waals surface area contributed by atoms with Crippen molar-refractivity contribution < 1.29 is 9.72 Å². The Labute approximate surface area is 154 Å². The highest BCUT2D eigenvalue weighted by Gasteiger charge is 2.10. The molecule has 0 fully saturated rings. The number of amides is 1. The van der Waals surface area contributed by atoms with E-state index in [1.165, 1.54) is 12.1 Å². The first-order valence-electron chi connectivity index (χ1n) is 8.50. The number of nitrogens with zero attached hydrogens (tertiary/aromatic N) is 2. The van der Waals surface area contributed by atoms with E-state index >= 15 is 0 Å². The summed E-state index contributed by atoms with van der Waals surface area (Å²) in [6, 6.07) is 15.9. The maximum atomic E-state index is 12.2. The third-order valence-corrected chi connectivity index (χ3v) is 4.40. The van der Waals surface area contributed by atoms with E-state index in [0.29, 0.717) is 12.1 Å². The van der Waals surface area contributed by atoms with Gasteiger partial charge in [0.05, 0.1) is 16.6 Å². The first-order valence-corrected chi connectivity index (χ1v) is 8.50. The molecule has 2 aromatic heterocycles. The number of nitro benzene ring substituents is 1. The standard InChI is InChI=1S/C20H16N4O3/c25-20(22-14-4-3-5-15(10-14)24(26)27)9-8-13-11-17-16-6-1-2-7-18(16)23-19(17)12-21-13/h1-7,10-12,23H,8-9H2,(H,22,25). The van der Waals surface area contributed by atoms with Crippen molar-refractivity contribution in [2.75, 3.05) is 5.32 Å². The predicted octanol–water partition coefficient (Wildman–Crippen LogP) is 4.20. The number of aromatic nitrogens is 2. The molecule has 4 aromatic rings. The molecule has 27 heavy (non-hydrogen) atoms. The van der Waals surface area contributed by atoms with E-state index in [9.17, 15) is 14.9 Å². The van der Waals surface area contributed by atoms with Crippen LogP contribution in [-0.2, 0) is 11.2 Å². The molecule has 0 saturated heterocycles. The number of carbonyl (C=O) groups excluding carboxylic acids is 1. The van der Waals surface area contributed by atoms with E-state index < -0.39 is 4.92 Å². The van der Waals surface area contributed by atoms with Crippen LogP contribution in [0.2, 0.25) is 0 Å². The Morgan fingerprint density at radius 1 is 1.07 bits per heavy atom. The second kappa shape index (κ2) is 6.87. The van der Waals surface area contributed by atoms with Crippen molar-refractivity contribution >= 4 is 39.1 Å². The quantitative estimate of drug-likeness (QED) is 0.411. The topological polar surface area (TPSA) is 101 Å². The molecule has 0 spiro atoms. The summed E-state index contributed by atoms with van der Waals surface area (Å²) in [4.78, 5) is 30.2. The van der Waals surface area contributed by atoms with Crippen LogP contribution < -0.4 is 5.32 Å². The van der Waals surface area contributed by atoms with Gasteiger partial charge in [0.2, 0.25) is 5.91 Å². The minimum absolute atomic E-state index is 0.0562. The summed E-state index contributed by atoms with van der Waals surface area (Å²) >= 11 is 0. The number of benzene rings is 2. The Kier molecular flexibility index (Phi) is 4.25. The van der Waals surface area contributed by atoms with Crippen molar-refractivity contribution in [3.05, 3.63) is 76.6 Å². The Balaban J connectivity index is 1.46. The molecule has 7 nitrogen and oxygen atoms in total. The van der Waals surface area contributed by atoms with Crippen molar-refractivity contribution in [3.63, 3.8) is 0 Å². The van der Waals surface area contributed by atoms with Gasteiger partial charge in [0.1, 0.15) is 0 Å². The minimum atomic E-state index is -0.490. The fraction of sp³-hybridized carbons (Fsp3) is 0.100. The zero-order valence-corrected chi connectivity index (χ0v) is 14.3. The molecule has 7 heteroatoms. The van der Waals surface area contributed by atoms with E-state index in [2.05, 4.69) is 15.3 Å². The number of carbonyl (C=O) groups is 1. The molecule has 0 aliphatic heterocycles. The van der Waals surface area contributed by atoms with Crippen LogP contribution in [0.25, 0.3) is 21.8 Å². The predicted molar refractivity (Wildman–Crippen MR) is 104 cm³/mol. The van der Waals surface area contributed by atoms with E-state index in [0.717, 1.165) is 27.5 Å². The molecule has 1 amide bonds. The van der Waals surface area contributed by atoms with Crippen LogP contribution in [0.1, 0.15) is 12.1 Å². The largest absolute Gasteiger partial charge is 0.353 e. The molecule has 0 aliphatic carbocycles. The molecule has 2 aromatic carbocycles. The number of rotatable bonds is 5. The van der Waals surface area contributed by atoms with Crippen LogP contribution in [0.3, 0.4) is 0 Å². The zero-order chi connectivity index (χ0) is 18.8. The van der Waals surface area contributed by atoms with E-state index in [-0.39, 0.29) is 18.0 Å². The lowest BCUT2D eigenvalue weighted by Gasteiger charge is -2.05. The summed E-state index contributed by atoms with van der Waals surface area (Å²) in [5.74, 6) is -0.212. The summed E-state index contributed by atoms with van der Waals surface area (Å²) in [7, 11) is 0. The van der Waals surface area contributed by atoms with Crippen LogP contribution in [-0.4, -0.2) is 20.8 Å². The molecule has 2 N–H and O–H groups in total. The first kappa shape index (κ1) is 16.7. The molecule has 0 radical (unpaired) electrons. The Morgan fingerprint density at radius 3 is 2.78 bits per heavy atom. The van der Waals surface area contributed by atoms with Gasteiger partial charge >= 0.3 is 0 Å². The molecule has 0 aliphatic rings. The number of aryl methyl sites for hydroxylation is 1. The number of anilines is 1. The van der Waals surface area contributed by atoms with Gasteiger partial charge in [0, 0.05) is 46.2 Å². The second-order valence-corrected chi connectivity index (χ2v) is 6.25. The minimum Gasteiger partial charge on any atom is -0.353 e. The Bertz CT molecular complexity index is 1170. The summed E-state index contributed by atoms with van der Waals surface area (Å²) in [6.45, 7) is 0. The number of hydrogen-bond donors (Lipinski definition) is 2. The van der Waals surface area contributed by atoms with Gasteiger partial charge in [-0.15, -0.1) is 0 Å². The maximum absolute atomic E-state index is 12.2. The third kappa shape index (κ3) is 3.48. The number of hydrogen-bond acceptors (Lipinski definition) is 4. The molecule has 0 unspecified atom stereocenters. The Hall–Kier alpha value is -3.74. The van der Waals surface area contributed by atoms with Crippen LogP contribution in [0.4, 0.5) is 11.4 Å². The highest BCUT2D eigenvalue weighted by Crippen LogP contribution is 2.25. The normalized spacial score (nSPS) is 11.0. The molecule has 0 saturated carbocycles. The van der Waals surface area contributed by atoms with Gasteiger partial charge < -0.3 is 10.3 Å². The van der Waals surface area contributed by atoms with Crippen LogP contribution in [0.15, 0.2) is 60.8 Å². The highest BCUT2D eigenvalue weighted by atomic mass is 16.6. The maximum Gasteiger partial charge on any atom is 0.271 e. The number of pyridine rings is 1. The van der Waals surface area contributed by atoms with Gasteiger partial charge in [-0.1, -0.05) is 24.3 Å². The lowest BCUT2D eigenvalue weighted by molar-refractivity contribution is -0.384. The first-order chi connectivity index (χ1) is 13.1. The smallest absolute Gasteiger partial charge is 0.271 e. The number of para-hydroxylation sites is 1. The molecular weight excluding hydrogens is 344 g/mol. The molecule has 134 valence electrons. The van der Waals surface area contributed by atoms with Crippen molar-refractivity contribution in [1.82, 2.24) is 9.97 Å². The molecule has 4 rings (SSSR count). The van der Waals surface area contributed by atoms with Gasteiger partial charge in [-0.2, -0.15) is 0 Å². The van der Waals surface area contributed by atoms with Gasteiger partial charge in [0.15, 0.2) is 0 Å². The average Bonchev–Trinajstić information content (AvgIpc) is 3.04. The molecular formula is C20H16N4O3. The van der Waals surface area contributed by atoms with Gasteiger partial charge in [-0.25, -0.2) is 0 Å². The fourth-order valence-corrected chi connectivity index (χ4v) is 3.09. The third-order valence-electron chi connectivity index (χ3n) is 4.40. The van der Waals surface area contributed by atoms with Crippen LogP contribution in [0.5, 0.6) is 0 Å². The van der Waals surface area contributed by atoms with E-state index in [1.807, 2.05) is 30.3 Å². The highest BCUT2D eigenvalue weighted by molar-refractivity contribution is 6.07. The number of nitro groups is 1. The summed E-state index contributed by atoms with van der Waals surface area (Å²) in [5, 5.41) is 15.7. The summed E-state index contributed by atoms with van der Waals surface area (Å²) in [6.07, 6.45) is 2.50. The lowest BCUT2D eigenvalue weighted by atomic mass is 10.1. The number of nitrogens with one attached hydrogen (secondary N) is 2. The monoisotopic (exact) mass is 360 g/mol. The van der Waals surface area contributed by atoms with E-state index in [1.54, 1.807) is 18.3 Å². The van der Waals surface area contributed by atoms with Gasteiger partial charge in [-0.05, 0) is 24.6 Å². The Morgan fingerprint density at radius 2 is 1.93 bits per heavy atom. The van der Waals surface area contributed by atoms with Crippen molar-refractivity contribution in [2.45, 2.75) is 12.8 Å². The van der Waals surface area contributed by atoms with Crippen molar-refractivity contribution in [3.8, 4) is 0 Å². The van der Waals surface area contributed by atoms with Gasteiger partial charge in [0.25, 0.3) is 5.69 Å². The fourth-order valence-electron chi connectivity index (χ4n) is 3.09.